The summed E-state index contributed by atoms with van der Waals surface area (Å²) in [5, 5.41) is 4.04. The van der Waals surface area contributed by atoms with Crippen molar-refractivity contribution in [2.24, 2.45) is 7.05 Å². The van der Waals surface area contributed by atoms with Gasteiger partial charge in [-0.05, 0) is 18.9 Å². The van der Waals surface area contributed by atoms with E-state index in [0.717, 1.165) is 24.2 Å². The lowest BCUT2D eigenvalue weighted by Crippen LogP contribution is -2.37. The Morgan fingerprint density at radius 2 is 2.12 bits per heavy atom. The molecule has 0 N–H and O–H groups in total. The van der Waals surface area contributed by atoms with Gasteiger partial charge in [0.1, 0.15) is 5.75 Å². The maximum absolute atomic E-state index is 12.8. The molecule has 2 aromatic rings. The normalized spacial score (nSPS) is 16.9. The molecule has 1 atom stereocenters. The van der Waals surface area contributed by atoms with Crippen molar-refractivity contribution in [3.05, 3.63) is 47.8 Å². The lowest BCUT2D eigenvalue weighted by Gasteiger charge is -2.24. The fraction of sp³-hybridized carbons (Fsp3) is 0.421. The number of ketones is 1. The van der Waals surface area contributed by atoms with E-state index in [0.29, 0.717) is 24.9 Å². The van der Waals surface area contributed by atoms with Crippen LogP contribution < -0.4 is 4.74 Å². The number of benzene rings is 1. The number of hydrogen-bond donors (Lipinski definition) is 0. The van der Waals surface area contributed by atoms with Gasteiger partial charge in [0.15, 0.2) is 5.78 Å². The number of carbonyl (C=O) groups is 2. The largest absolute Gasteiger partial charge is 0.496 e. The van der Waals surface area contributed by atoms with Gasteiger partial charge in [0.2, 0.25) is 5.91 Å². The number of Topliss-reactive ketones (excluding diaryl/α,β-unsaturated/α-hetero) is 1. The van der Waals surface area contributed by atoms with E-state index in [2.05, 4.69) is 5.10 Å². The zero-order valence-corrected chi connectivity index (χ0v) is 14.6. The summed E-state index contributed by atoms with van der Waals surface area (Å²) >= 11 is 0. The highest BCUT2D eigenvalue weighted by Crippen LogP contribution is 2.25. The van der Waals surface area contributed by atoms with Crippen molar-refractivity contribution >= 4 is 11.7 Å². The van der Waals surface area contributed by atoms with Crippen LogP contribution in [0, 0.1) is 0 Å². The molecule has 2 heterocycles. The number of aryl methyl sites for hydroxylation is 1. The molecule has 3 rings (SSSR count). The Bertz CT molecular complexity index is 769. The average Bonchev–Trinajstić information content (AvgIpc) is 3.24. The smallest absolute Gasteiger partial charge is 0.227 e. The van der Waals surface area contributed by atoms with Crippen LogP contribution in [0.3, 0.4) is 0 Å². The molecule has 0 aliphatic carbocycles. The molecule has 6 nitrogen and oxygen atoms in total. The molecular weight excluding hydrogens is 318 g/mol. The Balaban J connectivity index is 1.66. The Labute approximate surface area is 147 Å². The van der Waals surface area contributed by atoms with Crippen LogP contribution in [0.2, 0.25) is 0 Å². The Hall–Kier alpha value is -2.63. The van der Waals surface area contributed by atoms with Crippen LogP contribution in [-0.2, 0) is 18.3 Å². The van der Waals surface area contributed by atoms with Crippen LogP contribution in [0.5, 0.6) is 5.75 Å². The second-order valence-electron chi connectivity index (χ2n) is 6.40. The van der Waals surface area contributed by atoms with E-state index in [-0.39, 0.29) is 17.7 Å². The standard InChI is InChI=1S/C19H23N3O3/c1-21-13-15(12-20-21)17(23)11-16-7-5-9-22(16)19(24)10-14-6-3-4-8-18(14)25-2/h3-4,6,8,12-13,16H,5,7,9-11H2,1-2H3/t16-/m0/s1. The number of rotatable bonds is 6. The molecule has 0 saturated carbocycles. The van der Waals surface area contributed by atoms with Crippen LogP contribution in [-0.4, -0.2) is 46.1 Å². The van der Waals surface area contributed by atoms with Crippen molar-refractivity contribution in [3.8, 4) is 5.75 Å². The topological polar surface area (TPSA) is 64.4 Å². The zero-order chi connectivity index (χ0) is 17.8. The summed E-state index contributed by atoms with van der Waals surface area (Å²) in [4.78, 5) is 27.0. The van der Waals surface area contributed by atoms with E-state index in [1.807, 2.05) is 29.2 Å². The predicted octanol–water partition coefficient (Wildman–Crippen LogP) is 2.24. The molecule has 0 bridgehead atoms. The Morgan fingerprint density at radius 1 is 1.32 bits per heavy atom. The molecule has 0 spiro atoms. The number of carbonyl (C=O) groups excluding carboxylic acids is 2. The van der Waals surface area contributed by atoms with E-state index in [1.54, 1.807) is 31.2 Å². The van der Waals surface area contributed by atoms with Crippen LogP contribution in [0.25, 0.3) is 0 Å². The number of methoxy groups -OCH3 is 1. The summed E-state index contributed by atoms with van der Waals surface area (Å²) in [5.41, 5.74) is 1.48. The fourth-order valence-electron chi connectivity index (χ4n) is 3.39. The number of aromatic nitrogens is 2. The molecule has 25 heavy (non-hydrogen) atoms. The Morgan fingerprint density at radius 3 is 2.84 bits per heavy atom. The van der Waals surface area contributed by atoms with Crippen molar-refractivity contribution in [1.82, 2.24) is 14.7 Å². The minimum absolute atomic E-state index is 0.0325. The molecule has 1 fully saturated rings. The molecule has 132 valence electrons. The second kappa shape index (κ2) is 7.51. The van der Waals surface area contributed by atoms with Crippen molar-refractivity contribution in [3.63, 3.8) is 0 Å². The predicted molar refractivity (Wildman–Crippen MR) is 93.6 cm³/mol. The molecule has 0 unspecified atom stereocenters. The third-order valence-electron chi connectivity index (χ3n) is 4.68. The SMILES string of the molecule is COc1ccccc1CC(=O)N1CCC[C@H]1CC(=O)c1cnn(C)c1. The van der Waals surface area contributed by atoms with Crippen LogP contribution >= 0.6 is 0 Å². The quantitative estimate of drug-likeness (QED) is 0.756. The number of nitrogens with zero attached hydrogens (tertiary/aromatic N) is 3. The molecular formula is C19H23N3O3. The molecule has 1 saturated heterocycles. The van der Waals surface area contributed by atoms with E-state index < -0.39 is 0 Å². The summed E-state index contributed by atoms with van der Waals surface area (Å²) in [7, 11) is 3.39. The zero-order valence-electron chi connectivity index (χ0n) is 14.6. The van der Waals surface area contributed by atoms with E-state index >= 15 is 0 Å². The van der Waals surface area contributed by atoms with Crippen molar-refractivity contribution in [2.45, 2.75) is 31.7 Å². The van der Waals surface area contributed by atoms with Crippen molar-refractivity contribution < 1.29 is 14.3 Å². The van der Waals surface area contributed by atoms with Gasteiger partial charge < -0.3 is 9.64 Å². The van der Waals surface area contributed by atoms with Gasteiger partial charge in [-0.1, -0.05) is 18.2 Å². The highest BCUT2D eigenvalue weighted by atomic mass is 16.5. The van der Waals surface area contributed by atoms with Gasteiger partial charge in [-0.25, -0.2) is 0 Å². The summed E-state index contributed by atoms with van der Waals surface area (Å²) in [6.45, 7) is 0.707. The third-order valence-corrected chi connectivity index (χ3v) is 4.68. The third kappa shape index (κ3) is 3.90. The summed E-state index contributed by atoms with van der Waals surface area (Å²) < 4.78 is 6.94. The minimum atomic E-state index is -0.0325. The molecule has 1 aromatic carbocycles. The first-order valence-electron chi connectivity index (χ1n) is 8.51. The maximum Gasteiger partial charge on any atom is 0.227 e. The van der Waals surface area contributed by atoms with Crippen LogP contribution in [0.1, 0.15) is 35.2 Å². The van der Waals surface area contributed by atoms with Gasteiger partial charge in [0.25, 0.3) is 0 Å². The fourth-order valence-corrected chi connectivity index (χ4v) is 3.39. The Kier molecular flexibility index (Phi) is 5.16. The number of para-hydroxylation sites is 1. The molecule has 1 aromatic heterocycles. The first kappa shape index (κ1) is 17.2. The molecule has 1 aliphatic rings. The summed E-state index contributed by atoms with van der Waals surface area (Å²) in [6.07, 6.45) is 5.74. The summed E-state index contributed by atoms with van der Waals surface area (Å²) in [5.74, 6) is 0.805. The van der Waals surface area contributed by atoms with Crippen molar-refractivity contribution in [1.29, 1.82) is 0 Å². The van der Waals surface area contributed by atoms with Gasteiger partial charge in [-0.3, -0.25) is 14.3 Å². The lowest BCUT2D eigenvalue weighted by molar-refractivity contribution is -0.131. The highest BCUT2D eigenvalue weighted by Gasteiger charge is 2.31. The maximum atomic E-state index is 12.8. The van der Waals surface area contributed by atoms with E-state index in [1.165, 1.54) is 0 Å². The number of hydrogen-bond acceptors (Lipinski definition) is 4. The van der Waals surface area contributed by atoms with Crippen molar-refractivity contribution in [2.75, 3.05) is 13.7 Å². The van der Waals surface area contributed by atoms with Crippen LogP contribution in [0.15, 0.2) is 36.7 Å². The first-order chi connectivity index (χ1) is 12.1. The molecule has 0 radical (unpaired) electrons. The highest BCUT2D eigenvalue weighted by molar-refractivity contribution is 5.96. The van der Waals surface area contributed by atoms with E-state index in [4.69, 9.17) is 4.74 Å². The van der Waals surface area contributed by atoms with Gasteiger partial charge in [0.05, 0.1) is 25.3 Å². The second-order valence-corrected chi connectivity index (χ2v) is 6.40. The minimum Gasteiger partial charge on any atom is -0.496 e. The first-order valence-corrected chi connectivity index (χ1v) is 8.51. The monoisotopic (exact) mass is 341 g/mol. The molecule has 6 heteroatoms. The number of likely N-dealkylation sites (tertiary alicyclic amines) is 1. The van der Waals surface area contributed by atoms with E-state index in [9.17, 15) is 9.59 Å². The number of amides is 1. The average molecular weight is 341 g/mol. The van der Waals surface area contributed by atoms with Gasteiger partial charge in [0, 0.05) is 37.8 Å². The number of ether oxygens (including phenoxy) is 1. The molecule has 1 amide bonds. The lowest BCUT2D eigenvalue weighted by atomic mass is 10.0. The molecule has 1 aliphatic heterocycles. The van der Waals surface area contributed by atoms with Gasteiger partial charge in [-0.2, -0.15) is 5.10 Å². The van der Waals surface area contributed by atoms with Gasteiger partial charge >= 0.3 is 0 Å². The van der Waals surface area contributed by atoms with Crippen LogP contribution in [0.4, 0.5) is 0 Å². The summed E-state index contributed by atoms with van der Waals surface area (Å²) in [6, 6.07) is 7.52. The van der Waals surface area contributed by atoms with Gasteiger partial charge in [-0.15, -0.1) is 0 Å².